The van der Waals surface area contributed by atoms with Crippen LogP contribution in [0, 0.1) is 11.8 Å². The third-order valence-electron chi connectivity index (χ3n) is 4.47. The summed E-state index contributed by atoms with van der Waals surface area (Å²) in [6.07, 6.45) is 10.4. The van der Waals surface area contributed by atoms with Crippen molar-refractivity contribution in [1.29, 1.82) is 0 Å². The van der Waals surface area contributed by atoms with Gasteiger partial charge in [-0.25, -0.2) is 0 Å². The van der Waals surface area contributed by atoms with Gasteiger partial charge in [0, 0.05) is 12.3 Å². The number of nitrogens with zero attached hydrogens (tertiary/aromatic N) is 1. The van der Waals surface area contributed by atoms with Crippen molar-refractivity contribution in [2.24, 2.45) is 28.1 Å². The summed E-state index contributed by atoms with van der Waals surface area (Å²) < 4.78 is 17.6. The summed E-state index contributed by atoms with van der Waals surface area (Å²) in [6, 6.07) is 0. The molecule has 0 radical (unpaired) electrons. The number of unbranched alkanes of at least 4 members (excludes halogenated alkanes) is 2. The van der Waals surface area contributed by atoms with Gasteiger partial charge in [0.1, 0.15) is 0 Å². The topological polar surface area (TPSA) is 81.5 Å². The van der Waals surface area contributed by atoms with Crippen LogP contribution < -0.4 is 11.5 Å². The maximum atomic E-state index is 13.3. The summed E-state index contributed by atoms with van der Waals surface area (Å²) in [7, 11) is -2.66. The Labute approximate surface area is 150 Å². The van der Waals surface area contributed by atoms with E-state index in [1.54, 1.807) is 0 Å². The maximum Gasteiger partial charge on any atom is 0.194 e. The molecule has 23 heavy (non-hydrogen) atoms. The zero-order valence-corrected chi connectivity index (χ0v) is 17.3. The Morgan fingerprint density at radius 2 is 1.30 bits per heavy atom. The Bertz CT molecular complexity index is 338. The van der Waals surface area contributed by atoms with Crippen molar-refractivity contribution in [2.75, 3.05) is 12.3 Å². The fraction of sp³-hybridized carbons (Fsp3) is 0.941. The summed E-state index contributed by atoms with van der Waals surface area (Å²) in [4.78, 5) is 0. The summed E-state index contributed by atoms with van der Waals surface area (Å²) in [5.41, 5.74) is 11.1. The molecule has 0 aliphatic rings. The van der Waals surface area contributed by atoms with Gasteiger partial charge in [0.05, 0.1) is 0 Å². The molecule has 0 aromatic rings. The lowest BCUT2D eigenvalue weighted by atomic mass is 10.0. The molecule has 2 atom stereocenters. The van der Waals surface area contributed by atoms with Crippen molar-refractivity contribution in [3.63, 3.8) is 0 Å². The molecule has 0 heterocycles. The van der Waals surface area contributed by atoms with E-state index >= 15 is 0 Å². The van der Waals surface area contributed by atoms with Gasteiger partial charge >= 0.3 is 0 Å². The normalized spacial score (nSPS) is 16.0. The fourth-order valence-corrected chi connectivity index (χ4v) is 6.24. The Morgan fingerprint density at radius 1 is 0.913 bits per heavy atom. The van der Waals surface area contributed by atoms with E-state index in [9.17, 15) is 4.57 Å². The molecule has 0 aromatic heterocycles. The van der Waals surface area contributed by atoms with Gasteiger partial charge in [-0.1, -0.05) is 66.2 Å². The van der Waals surface area contributed by atoms with Gasteiger partial charge in [0.15, 0.2) is 13.3 Å². The van der Waals surface area contributed by atoms with E-state index in [1.807, 2.05) is 0 Å². The first-order chi connectivity index (χ1) is 10.4. The molecule has 0 spiro atoms. The van der Waals surface area contributed by atoms with Crippen molar-refractivity contribution in [2.45, 2.75) is 79.1 Å². The molecular formula is C17H39ClN3OP. The number of halogens is 1. The molecule has 0 aromatic carbocycles. The van der Waals surface area contributed by atoms with Crippen molar-refractivity contribution in [3.05, 3.63) is 0 Å². The Hall–Kier alpha value is -0.210. The predicted molar refractivity (Wildman–Crippen MR) is 107 cm³/mol. The number of hydrogen-bond acceptors (Lipinski definition) is 1. The van der Waals surface area contributed by atoms with E-state index < -0.39 is 7.29 Å². The molecule has 6 heteroatoms. The van der Waals surface area contributed by atoms with E-state index in [0.29, 0.717) is 24.2 Å². The zero-order valence-electron chi connectivity index (χ0n) is 15.6. The fourth-order valence-electron chi connectivity index (χ4n) is 3.01. The minimum absolute atomic E-state index is 0. The van der Waals surface area contributed by atoms with Crippen LogP contribution in [0.2, 0.25) is 0 Å². The van der Waals surface area contributed by atoms with Crippen molar-refractivity contribution in [1.82, 2.24) is 0 Å². The van der Waals surface area contributed by atoms with Crippen LogP contribution in [0.1, 0.15) is 79.1 Å². The first-order valence-electron chi connectivity index (χ1n) is 9.09. The molecule has 0 bridgehead atoms. The third kappa shape index (κ3) is 11.9. The lowest BCUT2D eigenvalue weighted by Crippen LogP contribution is -2.24. The van der Waals surface area contributed by atoms with Gasteiger partial charge < -0.3 is 11.5 Å². The zero-order chi connectivity index (χ0) is 17.0. The van der Waals surface area contributed by atoms with Crippen LogP contribution in [-0.2, 0) is 4.57 Å². The highest BCUT2D eigenvalue weighted by atomic mass is 35.5. The minimum atomic E-state index is -2.66. The Kier molecular flexibility index (Phi) is 15.4. The molecule has 0 saturated heterocycles. The highest BCUT2D eigenvalue weighted by molar-refractivity contribution is 7.62. The van der Waals surface area contributed by atoms with Crippen LogP contribution in [-0.4, -0.2) is 18.3 Å². The smallest absolute Gasteiger partial charge is 0.194 e. The molecule has 0 saturated carbocycles. The van der Waals surface area contributed by atoms with Gasteiger partial charge in [-0.15, -0.1) is 12.4 Å². The second kappa shape index (κ2) is 14.2. The van der Waals surface area contributed by atoms with Gasteiger partial charge in [0.2, 0.25) is 0 Å². The summed E-state index contributed by atoms with van der Waals surface area (Å²) >= 11 is 0. The molecule has 4 N–H and O–H groups in total. The largest absolute Gasteiger partial charge is 0.370 e. The monoisotopic (exact) mass is 367 g/mol. The predicted octanol–water partition coefficient (Wildman–Crippen LogP) is 5.39. The van der Waals surface area contributed by atoms with Gasteiger partial charge in [-0.2, -0.15) is 4.76 Å². The number of nitrogens with two attached hydrogens (primary N) is 2. The van der Waals surface area contributed by atoms with Crippen LogP contribution in [0.4, 0.5) is 0 Å². The molecule has 4 nitrogen and oxygen atoms in total. The maximum absolute atomic E-state index is 13.3. The Balaban J connectivity index is 0. The van der Waals surface area contributed by atoms with Crippen molar-refractivity contribution in [3.8, 4) is 0 Å². The van der Waals surface area contributed by atoms with Gasteiger partial charge in [0.25, 0.3) is 0 Å². The minimum Gasteiger partial charge on any atom is -0.370 e. The first-order valence-corrected chi connectivity index (χ1v) is 11.1. The molecule has 140 valence electrons. The number of guanidine groups is 1. The lowest BCUT2D eigenvalue weighted by Gasteiger charge is -2.24. The van der Waals surface area contributed by atoms with Crippen molar-refractivity contribution >= 4 is 25.7 Å². The molecule has 0 aliphatic carbocycles. The van der Waals surface area contributed by atoms with Crippen LogP contribution >= 0.6 is 19.7 Å². The average Bonchev–Trinajstić information content (AvgIpc) is 2.47. The molecule has 0 rings (SSSR count). The molecule has 0 aliphatic heterocycles. The molecule has 0 fully saturated rings. The van der Waals surface area contributed by atoms with Crippen LogP contribution in [0.3, 0.4) is 0 Å². The number of hydrogen-bond donors (Lipinski definition) is 2. The summed E-state index contributed by atoms with van der Waals surface area (Å²) in [5.74, 6) is 0.925. The second-order valence-corrected chi connectivity index (χ2v) is 9.19. The molecule has 2 unspecified atom stereocenters. The quantitative estimate of drug-likeness (QED) is 0.260. The van der Waals surface area contributed by atoms with E-state index in [4.69, 9.17) is 11.5 Å². The summed E-state index contributed by atoms with van der Waals surface area (Å²) in [6.45, 7) is 8.74. The Morgan fingerprint density at radius 3 is 1.57 bits per heavy atom. The lowest BCUT2D eigenvalue weighted by molar-refractivity contribution is 0.463. The van der Waals surface area contributed by atoms with E-state index in [1.165, 1.54) is 25.7 Å². The summed E-state index contributed by atoms with van der Waals surface area (Å²) in [5, 5.41) is 0. The average molecular weight is 368 g/mol. The highest BCUT2D eigenvalue weighted by Gasteiger charge is 2.28. The van der Waals surface area contributed by atoms with E-state index in [-0.39, 0.29) is 18.4 Å². The van der Waals surface area contributed by atoms with Crippen LogP contribution in [0.15, 0.2) is 4.76 Å². The van der Waals surface area contributed by atoms with Crippen LogP contribution in [0.25, 0.3) is 0 Å². The van der Waals surface area contributed by atoms with E-state index in [2.05, 4.69) is 32.5 Å². The van der Waals surface area contributed by atoms with Gasteiger partial charge in [-0.3, -0.25) is 4.57 Å². The standard InChI is InChI=1S/C17H38N3OP.ClH/c1-5-9-11-15(7-3)13-22(21,20-17(18)19)14-16(8-4)12-10-6-2;/h15-16H,5-14H2,1-4H3,(H4,18,19,20,21);1H. The number of rotatable bonds is 13. The molecular weight excluding hydrogens is 329 g/mol. The first kappa shape index (κ1) is 25.0. The molecule has 0 amide bonds. The van der Waals surface area contributed by atoms with Gasteiger partial charge in [-0.05, 0) is 24.7 Å². The highest BCUT2D eigenvalue weighted by Crippen LogP contribution is 2.52. The second-order valence-electron chi connectivity index (χ2n) is 6.57. The third-order valence-corrected chi connectivity index (χ3v) is 7.24. The van der Waals surface area contributed by atoms with Crippen molar-refractivity contribution < 1.29 is 4.57 Å². The SMILES string of the molecule is CCCCC(CC)CP(=O)(CC(CC)CCCC)N=C(N)N.Cl. The van der Waals surface area contributed by atoms with Crippen LogP contribution in [0.5, 0.6) is 0 Å². The van der Waals surface area contributed by atoms with E-state index in [0.717, 1.165) is 25.7 Å².